The quantitative estimate of drug-likeness (QED) is 0.676. The lowest BCUT2D eigenvalue weighted by Gasteiger charge is -2.05. The molecule has 0 amide bonds. The van der Waals surface area contributed by atoms with Gasteiger partial charge in [-0.2, -0.15) is 0 Å². The smallest absolute Gasteiger partial charge is 0.350 e. The van der Waals surface area contributed by atoms with Crippen LogP contribution >= 0.6 is 0 Å². The van der Waals surface area contributed by atoms with Crippen LogP contribution in [0.2, 0.25) is 0 Å². The Hall–Kier alpha value is -1.63. The van der Waals surface area contributed by atoms with Gasteiger partial charge >= 0.3 is 11.9 Å². The summed E-state index contributed by atoms with van der Waals surface area (Å²) in [4.78, 5) is 21.6. The maximum absolute atomic E-state index is 11.8. The topological polar surface area (TPSA) is 86.7 Å². The standard InChI is InChI=1S/C10H12O6S/c1-3-15-9(11)7-5-6-8(17(7,13)14)10(12)16-4-2/h5-6H,3-4H2,1-2H3. The lowest BCUT2D eigenvalue weighted by molar-refractivity contribution is -0.138. The predicted molar refractivity (Wildman–Crippen MR) is 58.4 cm³/mol. The van der Waals surface area contributed by atoms with E-state index in [-0.39, 0.29) is 13.2 Å². The molecule has 0 unspecified atom stereocenters. The van der Waals surface area contributed by atoms with Crippen molar-refractivity contribution < 1.29 is 27.5 Å². The van der Waals surface area contributed by atoms with Crippen LogP contribution in [0.5, 0.6) is 0 Å². The van der Waals surface area contributed by atoms with Crippen LogP contribution in [0, 0.1) is 0 Å². The van der Waals surface area contributed by atoms with Gasteiger partial charge in [-0.05, 0) is 26.0 Å². The zero-order valence-electron chi connectivity index (χ0n) is 9.43. The van der Waals surface area contributed by atoms with Gasteiger partial charge in [0, 0.05) is 0 Å². The van der Waals surface area contributed by atoms with Gasteiger partial charge in [-0.1, -0.05) is 0 Å². The van der Waals surface area contributed by atoms with Gasteiger partial charge in [0.2, 0.25) is 9.84 Å². The fourth-order valence-corrected chi connectivity index (χ4v) is 2.50. The molecule has 0 spiro atoms. The second kappa shape index (κ2) is 5.13. The summed E-state index contributed by atoms with van der Waals surface area (Å²) in [5, 5.41) is 0. The maximum Gasteiger partial charge on any atom is 0.350 e. The Morgan fingerprint density at radius 1 is 1.00 bits per heavy atom. The van der Waals surface area contributed by atoms with Gasteiger partial charge in [0.05, 0.1) is 13.2 Å². The molecule has 1 aliphatic rings. The van der Waals surface area contributed by atoms with Crippen LogP contribution in [0.1, 0.15) is 13.8 Å². The average Bonchev–Trinajstić information content (AvgIpc) is 2.54. The summed E-state index contributed by atoms with van der Waals surface area (Å²) in [5.41, 5.74) is 0. The van der Waals surface area contributed by atoms with Gasteiger partial charge in [0.15, 0.2) is 9.81 Å². The van der Waals surface area contributed by atoms with E-state index in [0.717, 1.165) is 12.2 Å². The summed E-state index contributed by atoms with van der Waals surface area (Å²) in [6.07, 6.45) is 2.08. The predicted octanol–water partition coefficient (Wildman–Crippen LogP) is 0.309. The highest BCUT2D eigenvalue weighted by atomic mass is 32.2. The molecule has 0 aromatic heterocycles. The Morgan fingerprint density at radius 3 is 1.65 bits per heavy atom. The minimum atomic E-state index is -4.10. The first-order chi connectivity index (χ1) is 7.95. The lowest BCUT2D eigenvalue weighted by Crippen LogP contribution is -2.20. The minimum Gasteiger partial charge on any atom is -0.462 e. The summed E-state index contributed by atoms with van der Waals surface area (Å²) in [6.45, 7) is 3.22. The highest BCUT2D eigenvalue weighted by Gasteiger charge is 2.38. The molecule has 0 aromatic carbocycles. The van der Waals surface area contributed by atoms with Crippen molar-refractivity contribution in [1.29, 1.82) is 0 Å². The van der Waals surface area contributed by atoms with E-state index >= 15 is 0 Å². The van der Waals surface area contributed by atoms with E-state index in [0.29, 0.717) is 0 Å². The molecular formula is C10H12O6S. The van der Waals surface area contributed by atoms with Crippen LogP contribution < -0.4 is 0 Å². The Kier molecular flexibility index (Phi) is 4.06. The number of sulfone groups is 1. The Bertz CT molecular complexity index is 457. The van der Waals surface area contributed by atoms with Gasteiger partial charge in [0.1, 0.15) is 0 Å². The zero-order valence-corrected chi connectivity index (χ0v) is 10.2. The number of hydrogen-bond donors (Lipinski definition) is 0. The van der Waals surface area contributed by atoms with Crippen molar-refractivity contribution in [3.63, 3.8) is 0 Å². The molecule has 0 radical (unpaired) electrons. The molecule has 0 aromatic rings. The molecule has 0 aliphatic carbocycles. The van der Waals surface area contributed by atoms with Crippen LogP contribution in [0.25, 0.3) is 0 Å². The van der Waals surface area contributed by atoms with E-state index in [1.807, 2.05) is 0 Å². The summed E-state index contributed by atoms with van der Waals surface area (Å²) in [6, 6.07) is 0. The van der Waals surface area contributed by atoms with Gasteiger partial charge < -0.3 is 9.47 Å². The number of carbonyl (C=O) groups is 2. The molecule has 1 rings (SSSR count). The third kappa shape index (κ3) is 2.55. The van der Waals surface area contributed by atoms with Crippen LogP contribution in [-0.2, 0) is 28.9 Å². The van der Waals surface area contributed by atoms with Crippen molar-refractivity contribution in [2.45, 2.75) is 13.8 Å². The van der Waals surface area contributed by atoms with Crippen molar-refractivity contribution in [3.05, 3.63) is 22.0 Å². The molecule has 0 N–H and O–H groups in total. The SMILES string of the molecule is CCOC(=O)C1=CC=C(C(=O)OCC)S1(=O)=O. The van der Waals surface area contributed by atoms with Crippen LogP contribution in [0.4, 0.5) is 0 Å². The number of rotatable bonds is 4. The first kappa shape index (κ1) is 13.4. The molecule has 1 aliphatic heterocycles. The summed E-state index contributed by atoms with van der Waals surface area (Å²) in [5.74, 6) is -1.94. The molecule has 0 bridgehead atoms. The first-order valence-corrected chi connectivity index (χ1v) is 6.44. The largest absolute Gasteiger partial charge is 0.462 e. The molecule has 0 fully saturated rings. The monoisotopic (exact) mass is 260 g/mol. The molecular weight excluding hydrogens is 248 g/mol. The van der Waals surface area contributed by atoms with Crippen LogP contribution in [0.15, 0.2) is 22.0 Å². The van der Waals surface area contributed by atoms with Crippen LogP contribution in [0.3, 0.4) is 0 Å². The van der Waals surface area contributed by atoms with Crippen molar-refractivity contribution in [3.8, 4) is 0 Å². The van der Waals surface area contributed by atoms with E-state index in [9.17, 15) is 18.0 Å². The molecule has 94 valence electrons. The Labute approximate surface area is 98.8 Å². The Balaban J connectivity index is 2.95. The molecule has 0 atom stereocenters. The van der Waals surface area contributed by atoms with Crippen molar-refractivity contribution in [2.24, 2.45) is 0 Å². The average molecular weight is 260 g/mol. The summed E-state index contributed by atoms with van der Waals surface area (Å²) >= 11 is 0. The number of esters is 2. The van der Waals surface area contributed by atoms with Gasteiger partial charge in [-0.25, -0.2) is 18.0 Å². The number of ether oxygens (including phenoxy) is 2. The molecule has 1 heterocycles. The van der Waals surface area contributed by atoms with E-state index in [2.05, 4.69) is 9.47 Å². The van der Waals surface area contributed by atoms with E-state index in [1.165, 1.54) is 0 Å². The molecule has 7 heteroatoms. The maximum atomic E-state index is 11.8. The van der Waals surface area contributed by atoms with Gasteiger partial charge in [-0.15, -0.1) is 0 Å². The summed E-state index contributed by atoms with van der Waals surface area (Å²) in [7, 11) is -4.10. The fraction of sp³-hybridized carbons (Fsp3) is 0.400. The third-order valence-electron chi connectivity index (χ3n) is 1.92. The molecule has 0 saturated carbocycles. The second-order valence-electron chi connectivity index (χ2n) is 3.01. The summed E-state index contributed by atoms with van der Waals surface area (Å²) < 4.78 is 32.7. The molecule has 6 nitrogen and oxygen atoms in total. The second-order valence-corrected chi connectivity index (χ2v) is 4.89. The Morgan fingerprint density at radius 2 is 1.35 bits per heavy atom. The van der Waals surface area contributed by atoms with Gasteiger partial charge in [-0.3, -0.25) is 0 Å². The van der Waals surface area contributed by atoms with Crippen molar-refractivity contribution in [2.75, 3.05) is 13.2 Å². The molecule has 0 saturated heterocycles. The van der Waals surface area contributed by atoms with E-state index in [1.54, 1.807) is 13.8 Å². The van der Waals surface area contributed by atoms with E-state index in [4.69, 9.17) is 0 Å². The molecule has 17 heavy (non-hydrogen) atoms. The minimum absolute atomic E-state index is 0.0560. The fourth-order valence-electron chi connectivity index (χ4n) is 1.21. The number of carbonyl (C=O) groups excluding carboxylic acids is 2. The number of hydrogen-bond acceptors (Lipinski definition) is 6. The highest BCUT2D eigenvalue weighted by Crippen LogP contribution is 2.26. The van der Waals surface area contributed by atoms with Gasteiger partial charge in [0.25, 0.3) is 0 Å². The third-order valence-corrected chi connectivity index (χ3v) is 3.68. The lowest BCUT2D eigenvalue weighted by atomic mass is 10.4. The van der Waals surface area contributed by atoms with Crippen molar-refractivity contribution in [1.82, 2.24) is 0 Å². The number of allylic oxidation sites excluding steroid dienone is 2. The normalized spacial score (nSPS) is 17.1. The van der Waals surface area contributed by atoms with Crippen LogP contribution in [-0.4, -0.2) is 33.6 Å². The zero-order chi connectivity index (χ0) is 13.1. The first-order valence-electron chi connectivity index (χ1n) is 4.96. The van der Waals surface area contributed by atoms with Crippen molar-refractivity contribution >= 4 is 21.8 Å². The highest BCUT2D eigenvalue weighted by molar-refractivity contribution is 8.01. The van der Waals surface area contributed by atoms with E-state index < -0.39 is 31.6 Å².